The van der Waals surface area contributed by atoms with Crippen molar-refractivity contribution in [3.63, 3.8) is 0 Å². The molecule has 3 atom stereocenters. The van der Waals surface area contributed by atoms with Crippen LogP contribution >= 0.6 is 0 Å². The molecular formula is C19H32O2Si2. The normalized spacial score (nSPS) is 30.3. The lowest BCUT2D eigenvalue weighted by molar-refractivity contribution is -0.0119. The highest BCUT2D eigenvalue weighted by molar-refractivity contribution is 6.76. The van der Waals surface area contributed by atoms with E-state index in [0.717, 1.165) is 13.2 Å². The van der Waals surface area contributed by atoms with Crippen LogP contribution in [0.1, 0.15) is 38.5 Å². The minimum atomic E-state index is -1.18. The quantitative estimate of drug-likeness (QED) is 0.761. The maximum Gasteiger partial charge on any atom is 0.106 e. The van der Waals surface area contributed by atoms with Crippen LogP contribution in [0.2, 0.25) is 19.1 Å². The van der Waals surface area contributed by atoms with Gasteiger partial charge in [0.1, 0.15) is 8.80 Å². The summed E-state index contributed by atoms with van der Waals surface area (Å²) in [5.74, 6) is 0. The third-order valence-electron chi connectivity index (χ3n) is 5.89. The van der Waals surface area contributed by atoms with E-state index >= 15 is 0 Å². The van der Waals surface area contributed by atoms with Crippen molar-refractivity contribution >= 4 is 22.8 Å². The van der Waals surface area contributed by atoms with E-state index in [-0.39, 0.29) is 5.22 Å². The molecule has 0 spiro atoms. The zero-order valence-corrected chi connectivity index (χ0v) is 17.1. The first-order chi connectivity index (χ1) is 11.2. The van der Waals surface area contributed by atoms with E-state index in [4.69, 9.17) is 9.47 Å². The molecule has 2 aliphatic rings. The highest BCUT2D eigenvalue weighted by Crippen LogP contribution is 2.34. The number of rotatable bonds is 5. The maximum atomic E-state index is 6.51. The summed E-state index contributed by atoms with van der Waals surface area (Å²) in [6, 6.07) is 12.6. The fourth-order valence-corrected chi connectivity index (χ4v) is 11.9. The van der Waals surface area contributed by atoms with Crippen LogP contribution in [0.3, 0.4) is 0 Å². The van der Waals surface area contributed by atoms with Crippen molar-refractivity contribution in [3.8, 4) is 0 Å². The lowest BCUT2D eigenvalue weighted by Crippen LogP contribution is -2.56. The Kier molecular flexibility index (Phi) is 6.13. The molecule has 4 heteroatoms. The van der Waals surface area contributed by atoms with Crippen LogP contribution < -0.4 is 5.19 Å². The Morgan fingerprint density at radius 2 is 1.83 bits per heavy atom. The number of benzene rings is 1. The molecule has 3 unspecified atom stereocenters. The Balaban J connectivity index is 1.85. The van der Waals surface area contributed by atoms with Crippen molar-refractivity contribution in [3.05, 3.63) is 30.3 Å². The summed E-state index contributed by atoms with van der Waals surface area (Å²) >= 11 is 0. The maximum absolute atomic E-state index is 6.51. The first-order valence-corrected chi connectivity index (χ1v) is 14.5. The standard InChI is InChI=1S/C19H32O2Si2/c1-22(2)19(13-7-9-15-21-19)16-23(17-10-4-3-5-11-17)18-12-6-8-14-20-18/h3-5,10-11,18,22-23H,6-9,12-16H2,1-2H3. The van der Waals surface area contributed by atoms with Gasteiger partial charge in [-0.3, -0.25) is 0 Å². The van der Waals surface area contributed by atoms with E-state index in [1.807, 2.05) is 0 Å². The van der Waals surface area contributed by atoms with Gasteiger partial charge in [-0.1, -0.05) is 48.6 Å². The van der Waals surface area contributed by atoms with Crippen LogP contribution in [0.15, 0.2) is 30.3 Å². The predicted octanol–water partition coefficient (Wildman–Crippen LogP) is 3.19. The summed E-state index contributed by atoms with van der Waals surface area (Å²) in [5, 5.41) is 1.81. The van der Waals surface area contributed by atoms with E-state index in [1.54, 1.807) is 5.19 Å². The van der Waals surface area contributed by atoms with Gasteiger partial charge in [0, 0.05) is 13.2 Å². The molecular weight excluding hydrogens is 316 g/mol. The Labute approximate surface area is 144 Å². The summed E-state index contributed by atoms with van der Waals surface area (Å²) in [6.45, 7) is 6.92. The molecule has 1 aromatic rings. The highest BCUT2D eigenvalue weighted by Gasteiger charge is 2.42. The van der Waals surface area contributed by atoms with Crippen LogP contribution in [-0.2, 0) is 9.47 Å². The van der Waals surface area contributed by atoms with Gasteiger partial charge >= 0.3 is 0 Å². The minimum absolute atomic E-state index is 0.228. The molecule has 3 rings (SSSR count). The van der Waals surface area contributed by atoms with Gasteiger partial charge < -0.3 is 9.47 Å². The van der Waals surface area contributed by atoms with E-state index in [0.29, 0.717) is 5.73 Å². The lowest BCUT2D eigenvalue weighted by Gasteiger charge is -2.44. The second-order valence-electron chi connectivity index (χ2n) is 7.65. The Hall–Kier alpha value is -0.426. The molecule has 1 aromatic carbocycles. The third-order valence-corrected chi connectivity index (χ3v) is 13.0. The van der Waals surface area contributed by atoms with Crippen molar-refractivity contribution in [2.45, 2.75) is 68.6 Å². The SMILES string of the molecule is C[SiH](C)C1(C[SiH](c2ccccc2)C2CCCCO2)CCCCO1. The Morgan fingerprint density at radius 1 is 1.04 bits per heavy atom. The largest absolute Gasteiger partial charge is 0.382 e. The molecule has 2 nitrogen and oxygen atoms in total. The van der Waals surface area contributed by atoms with Crippen molar-refractivity contribution in [2.75, 3.05) is 13.2 Å². The van der Waals surface area contributed by atoms with Crippen LogP contribution in [0, 0.1) is 0 Å². The number of ether oxygens (including phenoxy) is 2. The molecule has 2 saturated heterocycles. The van der Waals surface area contributed by atoms with Crippen molar-refractivity contribution in [1.29, 1.82) is 0 Å². The van der Waals surface area contributed by atoms with Crippen molar-refractivity contribution in [1.82, 2.24) is 0 Å². The summed E-state index contributed by atoms with van der Waals surface area (Å²) in [4.78, 5) is 0. The zero-order valence-electron chi connectivity index (χ0n) is 14.8. The zero-order chi connectivity index (χ0) is 16.1. The molecule has 2 heterocycles. The first kappa shape index (κ1) is 17.4. The van der Waals surface area contributed by atoms with Gasteiger partial charge in [-0.15, -0.1) is 0 Å². The number of hydrogen-bond acceptors (Lipinski definition) is 2. The van der Waals surface area contributed by atoms with E-state index in [2.05, 4.69) is 43.4 Å². The molecule has 0 saturated carbocycles. The summed E-state index contributed by atoms with van der Waals surface area (Å²) in [7, 11) is -2.05. The second kappa shape index (κ2) is 8.10. The van der Waals surface area contributed by atoms with Gasteiger partial charge in [-0.2, -0.15) is 0 Å². The average Bonchev–Trinajstić information content (AvgIpc) is 2.62. The smallest absolute Gasteiger partial charge is 0.106 e. The molecule has 0 amide bonds. The van der Waals surface area contributed by atoms with E-state index in [9.17, 15) is 0 Å². The molecule has 128 valence electrons. The average molecular weight is 349 g/mol. The minimum Gasteiger partial charge on any atom is -0.382 e. The molecule has 23 heavy (non-hydrogen) atoms. The molecule has 2 fully saturated rings. The summed E-state index contributed by atoms with van der Waals surface area (Å²) in [5.41, 5.74) is 0.515. The van der Waals surface area contributed by atoms with Crippen LogP contribution in [0.4, 0.5) is 0 Å². The van der Waals surface area contributed by atoms with Gasteiger partial charge in [0.15, 0.2) is 0 Å². The number of hydrogen-bond donors (Lipinski definition) is 0. The Bertz CT molecular complexity index is 466. The van der Waals surface area contributed by atoms with Gasteiger partial charge in [-0.25, -0.2) is 0 Å². The van der Waals surface area contributed by atoms with Crippen LogP contribution in [0.25, 0.3) is 0 Å². The van der Waals surface area contributed by atoms with E-state index in [1.165, 1.54) is 44.6 Å². The summed E-state index contributed by atoms with van der Waals surface area (Å²) in [6.07, 6.45) is 7.75. The van der Waals surface area contributed by atoms with Gasteiger partial charge in [0.25, 0.3) is 0 Å². The monoisotopic (exact) mass is 348 g/mol. The fraction of sp³-hybridized carbons (Fsp3) is 0.684. The van der Waals surface area contributed by atoms with Crippen molar-refractivity contribution < 1.29 is 9.47 Å². The van der Waals surface area contributed by atoms with Crippen LogP contribution in [-0.4, -0.2) is 41.8 Å². The molecule has 0 radical (unpaired) electrons. The fourth-order valence-electron chi connectivity index (χ4n) is 4.35. The topological polar surface area (TPSA) is 18.5 Å². The highest BCUT2D eigenvalue weighted by atomic mass is 28.3. The van der Waals surface area contributed by atoms with Gasteiger partial charge in [0.2, 0.25) is 0 Å². The summed E-state index contributed by atoms with van der Waals surface area (Å²) < 4.78 is 12.8. The Morgan fingerprint density at radius 3 is 2.43 bits per heavy atom. The molecule has 0 bridgehead atoms. The molecule has 0 N–H and O–H groups in total. The molecule has 0 aliphatic carbocycles. The molecule has 0 aromatic heterocycles. The lowest BCUT2D eigenvalue weighted by atomic mass is 10.1. The van der Waals surface area contributed by atoms with Gasteiger partial charge in [0.05, 0.1) is 19.7 Å². The van der Waals surface area contributed by atoms with Crippen LogP contribution in [0.5, 0.6) is 0 Å². The predicted molar refractivity (Wildman–Crippen MR) is 103 cm³/mol. The molecule has 2 aliphatic heterocycles. The first-order valence-electron chi connectivity index (χ1n) is 9.52. The third kappa shape index (κ3) is 4.16. The second-order valence-corrected chi connectivity index (χ2v) is 14.0. The van der Waals surface area contributed by atoms with Gasteiger partial charge in [-0.05, 0) is 44.6 Å². The van der Waals surface area contributed by atoms with E-state index < -0.39 is 17.6 Å². The van der Waals surface area contributed by atoms with Crippen molar-refractivity contribution in [2.24, 2.45) is 0 Å².